The fraction of sp³-hybridized carbons (Fsp3) is 0.409. The first-order valence-corrected chi connectivity index (χ1v) is 9.76. The molecule has 1 atom stereocenters. The van der Waals surface area contributed by atoms with E-state index in [1.54, 1.807) is 12.1 Å². The highest BCUT2D eigenvalue weighted by Gasteiger charge is 2.21. The molecule has 3 rings (SSSR count). The Kier molecular flexibility index (Phi) is 6.31. The Labute approximate surface area is 160 Å². The Hall–Kier alpha value is -1.87. The van der Waals surface area contributed by atoms with Crippen molar-refractivity contribution in [3.63, 3.8) is 0 Å². The molecular weight excluding hydrogens is 349 g/mol. The van der Waals surface area contributed by atoms with Crippen LogP contribution in [0.5, 0.6) is 5.75 Å². The van der Waals surface area contributed by atoms with Gasteiger partial charge in [0.15, 0.2) is 5.82 Å². The Morgan fingerprint density at radius 3 is 2.69 bits per heavy atom. The third kappa shape index (κ3) is 4.09. The van der Waals surface area contributed by atoms with Crippen molar-refractivity contribution in [2.75, 3.05) is 6.61 Å². The normalized spacial score (nSPS) is 17.1. The van der Waals surface area contributed by atoms with Crippen LogP contribution in [0.1, 0.15) is 62.3 Å². The van der Waals surface area contributed by atoms with E-state index in [0.717, 1.165) is 43.4 Å². The van der Waals surface area contributed by atoms with Crippen LogP contribution < -0.4 is 4.74 Å². The van der Waals surface area contributed by atoms with Gasteiger partial charge in [0.2, 0.25) is 0 Å². The fourth-order valence-corrected chi connectivity index (χ4v) is 3.73. The predicted molar refractivity (Wildman–Crippen MR) is 105 cm³/mol. The van der Waals surface area contributed by atoms with Crippen LogP contribution >= 0.6 is 11.6 Å². The molecule has 4 heteroatoms. The Morgan fingerprint density at radius 2 is 2.08 bits per heavy atom. The zero-order valence-electron chi connectivity index (χ0n) is 15.4. The lowest BCUT2D eigenvalue weighted by atomic mass is 9.84. The molecule has 0 saturated carbocycles. The van der Waals surface area contributed by atoms with Crippen LogP contribution in [0, 0.1) is 5.82 Å². The molecule has 1 aromatic carbocycles. The second kappa shape index (κ2) is 8.68. The third-order valence-corrected chi connectivity index (χ3v) is 5.26. The standard InChI is InChI=1S/C22H25ClFNO/c1-3-5-15-6-12-19(25-14-15)17-9-7-16(8-10-17)18-11-13-20(26-4-2)21(23)22(18)24/h6-7,11-14,17H,3-5,8-10H2,1-2H3. The number of allylic oxidation sites excluding steroid dienone is 2. The second-order valence-electron chi connectivity index (χ2n) is 6.71. The van der Waals surface area contributed by atoms with Gasteiger partial charge in [-0.3, -0.25) is 4.98 Å². The minimum atomic E-state index is -0.385. The number of nitrogens with zero attached hydrogens (tertiary/aromatic N) is 1. The highest BCUT2D eigenvalue weighted by atomic mass is 35.5. The predicted octanol–water partition coefficient (Wildman–Crippen LogP) is 6.58. The van der Waals surface area contributed by atoms with Crippen LogP contribution in [-0.4, -0.2) is 11.6 Å². The molecule has 1 aliphatic rings. The average Bonchev–Trinajstić information content (AvgIpc) is 2.67. The van der Waals surface area contributed by atoms with Crippen LogP contribution in [0.15, 0.2) is 36.5 Å². The molecule has 0 bridgehead atoms. The first kappa shape index (κ1) is 18.9. The minimum Gasteiger partial charge on any atom is -0.492 e. The molecule has 0 aliphatic heterocycles. The molecule has 2 aromatic rings. The number of ether oxygens (including phenoxy) is 1. The summed E-state index contributed by atoms with van der Waals surface area (Å²) in [7, 11) is 0. The van der Waals surface area contributed by atoms with Crippen molar-refractivity contribution in [2.24, 2.45) is 0 Å². The van der Waals surface area contributed by atoms with Gasteiger partial charge >= 0.3 is 0 Å². The maximum Gasteiger partial charge on any atom is 0.153 e. The van der Waals surface area contributed by atoms with Gasteiger partial charge in [-0.1, -0.05) is 37.1 Å². The van der Waals surface area contributed by atoms with Gasteiger partial charge in [-0.15, -0.1) is 0 Å². The molecule has 1 aliphatic carbocycles. The molecule has 0 fully saturated rings. The summed E-state index contributed by atoms with van der Waals surface area (Å²) in [5, 5.41) is 0.0700. The van der Waals surface area contributed by atoms with E-state index in [1.807, 2.05) is 13.1 Å². The summed E-state index contributed by atoms with van der Waals surface area (Å²) in [6.07, 6.45) is 8.99. The topological polar surface area (TPSA) is 22.1 Å². The lowest BCUT2D eigenvalue weighted by Gasteiger charge is -2.22. The van der Waals surface area contributed by atoms with Gasteiger partial charge in [0, 0.05) is 23.4 Å². The van der Waals surface area contributed by atoms with E-state index in [-0.39, 0.29) is 10.8 Å². The first-order chi connectivity index (χ1) is 12.6. The molecular formula is C22H25ClFNO. The molecule has 1 aromatic heterocycles. The van der Waals surface area contributed by atoms with Crippen molar-refractivity contribution in [1.29, 1.82) is 0 Å². The summed E-state index contributed by atoms with van der Waals surface area (Å²) < 4.78 is 20.0. The zero-order chi connectivity index (χ0) is 18.5. The molecule has 1 heterocycles. The maximum absolute atomic E-state index is 14.6. The van der Waals surface area contributed by atoms with Crippen LogP contribution in [0.2, 0.25) is 5.02 Å². The SMILES string of the molecule is CCCc1ccc(C2CC=C(c3ccc(OCC)c(Cl)c3F)CC2)nc1. The van der Waals surface area contributed by atoms with E-state index in [9.17, 15) is 4.39 Å². The fourth-order valence-electron chi connectivity index (χ4n) is 3.51. The van der Waals surface area contributed by atoms with Crippen molar-refractivity contribution in [3.8, 4) is 5.75 Å². The van der Waals surface area contributed by atoms with E-state index in [4.69, 9.17) is 16.3 Å². The maximum atomic E-state index is 14.6. The number of aromatic nitrogens is 1. The molecule has 138 valence electrons. The van der Waals surface area contributed by atoms with Gasteiger partial charge in [0.05, 0.1) is 6.61 Å². The van der Waals surface area contributed by atoms with Gasteiger partial charge in [-0.25, -0.2) is 4.39 Å². The van der Waals surface area contributed by atoms with Gasteiger partial charge in [-0.2, -0.15) is 0 Å². The van der Waals surface area contributed by atoms with Crippen LogP contribution in [0.4, 0.5) is 4.39 Å². The zero-order valence-corrected chi connectivity index (χ0v) is 16.2. The van der Waals surface area contributed by atoms with E-state index < -0.39 is 0 Å². The van der Waals surface area contributed by atoms with Gasteiger partial charge in [-0.05, 0) is 61.9 Å². The molecule has 0 radical (unpaired) electrons. The van der Waals surface area contributed by atoms with Crippen LogP contribution in [0.25, 0.3) is 5.57 Å². The van der Waals surface area contributed by atoms with Gasteiger partial charge < -0.3 is 4.74 Å². The summed E-state index contributed by atoms with van der Waals surface area (Å²) in [5.74, 6) is 0.418. The monoisotopic (exact) mass is 373 g/mol. The number of pyridine rings is 1. The summed E-state index contributed by atoms with van der Waals surface area (Å²) in [4.78, 5) is 4.64. The van der Waals surface area contributed by atoms with E-state index >= 15 is 0 Å². The summed E-state index contributed by atoms with van der Waals surface area (Å²) in [6.45, 7) is 4.50. The van der Waals surface area contributed by atoms with Crippen molar-refractivity contribution < 1.29 is 9.13 Å². The largest absolute Gasteiger partial charge is 0.492 e. The van der Waals surface area contributed by atoms with Crippen molar-refractivity contribution in [2.45, 2.75) is 51.9 Å². The number of hydrogen-bond donors (Lipinski definition) is 0. The number of aryl methyl sites for hydroxylation is 1. The highest BCUT2D eigenvalue weighted by molar-refractivity contribution is 6.32. The molecule has 26 heavy (non-hydrogen) atoms. The van der Waals surface area contributed by atoms with Gasteiger partial charge in [0.25, 0.3) is 0 Å². The Balaban J connectivity index is 1.74. The molecule has 2 nitrogen and oxygen atoms in total. The summed E-state index contributed by atoms with van der Waals surface area (Å²) in [5.41, 5.74) is 4.02. The Morgan fingerprint density at radius 1 is 1.23 bits per heavy atom. The van der Waals surface area contributed by atoms with Gasteiger partial charge in [0.1, 0.15) is 10.8 Å². The second-order valence-corrected chi connectivity index (χ2v) is 7.09. The average molecular weight is 374 g/mol. The van der Waals surface area contributed by atoms with E-state index in [0.29, 0.717) is 23.8 Å². The van der Waals surface area contributed by atoms with Crippen molar-refractivity contribution in [1.82, 2.24) is 4.98 Å². The number of hydrogen-bond acceptors (Lipinski definition) is 2. The molecule has 0 saturated heterocycles. The smallest absolute Gasteiger partial charge is 0.153 e. The minimum absolute atomic E-state index is 0.0700. The number of rotatable bonds is 6. The molecule has 0 spiro atoms. The lowest BCUT2D eigenvalue weighted by molar-refractivity contribution is 0.338. The first-order valence-electron chi connectivity index (χ1n) is 9.39. The molecule has 0 N–H and O–H groups in total. The Bertz CT molecular complexity index is 785. The van der Waals surface area contributed by atoms with Crippen LogP contribution in [-0.2, 0) is 6.42 Å². The third-order valence-electron chi connectivity index (χ3n) is 4.91. The van der Waals surface area contributed by atoms with E-state index in [1.165, 1.54) is 5.56 Å². The van der Waals surface area contributed by atoms with Crippen LogP contribution in [0.3, 0.4) is 0 Å². The number of benzene rings is 1. The van der Waals surface area contributed by atoms with Crippen molar-refractivity contribution >= 4 is 17.2 Å². The summed E-state index contributed by atoms with van der Waals surface area (Å²) in [6, 6.07) is 7.85. The number of halogens is 2. The summed E-state index contributed by atoms with van der Waals surface area (Å²) >= 11 is 6.12. The molecule has 1 unspecified atom stereocenters. The van der Waals surface area contributed by atoms with E-state index in [2.05, 4.69) is 30.1 Å². The quantitative estimate of drug-likeness (QED) is 0.570. The lowest BCUT2D eigenvalue weighted by Crippen LogP contribution is -2.07. The van der Waals surface area contributed by atoms with Crippen molar-refractivity contribution in [3.05, 3.63) is 64.2 Å². The highest BCUT2D eigenvalue weighted by Crippen LogP contribution is 2.39. The molecule has 0 amide bonds.